The predicted octanol–water partition coefficient (Wildman–Crippen LogP) is -1.11. The summed E-state index contributed by atoms with van der Waals surface area (Å²) < 4.78 is 0. The van der Waals surface area contributed by atoms with Crippen LogP contribution < -0.4 is 5.73 Å². The second kappa shape index (κ2) is 5.08. The van der Waals surface area contributed by atoms with Crippen LogP contribution in [0.3, 0.4) is 0 Å². The molecule has 0 bridgehead atoms. The zero-order valence-electron chi connectivity index (χ0n) is 12.3. The smallest absolute Gasteiger partial charge is 0.144 e. The van der Waals surface area contributed by atoms with Gasteiger partial charge in [0.15, 0.2) is 0 Å². The molecule has 0 spiro atoms. The van der Waals surface area contributed by atoms with Gasteiger partial charge in [-0.05, 0) is 11.6 Å². The van der Waals surface area contributed by atoms with Crippen LogP contribution in [-0.4, -0.2) is 68.6 Å². The van der Waals surface area contributed by atoms with E-state index in [-0.39, 0.29) is 10.6 Å². The summed E-state index contributed by atoms with van der Waals surface area (Å²) in [4.78, 5) is 13.0. The zero-order chi connectivity index (χ0) is 18.1. The largest absolute Gasteiger partial charge is 0.316 e. The Hall–Kier alpha value is -0.341. The van der Waals surface area contributed by atoms with Crippen LogP contribution in [0.1, 0.15) is 5.56 Å². The lowest BCUT2D eigenvalue weighted by Gasteiger charge is -2.72. The van der Waals surface area contributed by atoms with E-state index in [1.807, 2.05) is 0 Å². The lowest BCUT2D eigenvalue weighted by Crippen LogP contribution is -2.71. The molecule has 2 rings (SSSR count). The Morgan fingerprint density at radius 2 is 1.30 bits per heavy atom. The molecule has 0 saturated heterocycles. The van der Waals surface area contributed by atoms with Crippen LogP contribution in [0, 0.1) is 0 Å². The van der Waals surface area contributed by atoms with E-state index in [0.29, 0.717) is 0 Å². The zero-order valence-corrected chi connectivity index (χ0v) is 13.0. The Labute approximate surface area is 152 Å². The van der Waals surface area contributed by atoms with Crippen LogP contribution in [0.5, 0.6) is 0 Å². The number of carbonyl (C=O) groups is 1. The molecule has 16 radical (unpaired) electrons. The molecule has 2 N–H and O–H groups in total. The third kappa shape index (κ3) is 2.00. The number of hydrogen-bond acceptors (Lipinski definition) is 2. The Balaban J connectivity index is 2.89. The summed E-state index contributed by atoms with van der Waals surface area (Å²) in [5.74, 6) is -1.04. The first-order valence-corrected chi connectivity index (χ1v) is 6.95. The summed E-state index contributed by atoms with van der Waals surface area (Å²) in [7, 11) is 47.5. The minimum atomic E-state index is -2.42. The molecule has 0 heterocycles. The average Bonchev–Trinajstić information content (AvgIpc) is 2.44. The second-order valence-corrected chi connectivity index (χ2v) is 6.50. The van der Waals surface area contributed by atoms with Gasteiger partial charge in [-0.1, -0.05) is 40.2 Å². The highest BCUT2D eigenvalue weighted by Crippen LogP contribution is 2.74. The molecule has 1 aromatic carbocycles. The summed E-state index contributed by atoms with van der Waals surface area (Å²) in [6.07, 6.45) is 0. The van der Waals surface area contributed by atoms with Gasteiger partial charge in [-0.3, -0.25) is 4.79 Å². The number of ketones is 1. The van der Waals surface area contributed by atoms with Crippen molar-refractivity contribution in [1.29, 1.82) is 0 Å². The fourth-order valence-electron chi connectivity index (χ4n) is 2.84. The van der Waals surface area contributed by atoms with Crippen molar-refractivity contribution >= 4 is 80.2 Å². The SMILES string of the molecule is [B]C1([B])C(=O)C(N)(c2ccccc2Cl)C([B])([B])C([B])([B])C1([B])[B]. The van der Waals surface area contributed by atoms with Gasteiger partial charge in [0.2, 0.25) is 0 Å². The molecule has 11 heteroatoms. The molecule has 2 nitrogen and oxygen atoms in total. The summed E-state index contributed by atoms with van der Waals surface area (Å²) >= 11 is 6.13. The van der Waals surface area contributed by atoms with Crippen molar-refractivity contribution in [3.63, 3.8) is 0 Å². The normalized spacial score (nSPS) is 30.6. The van der Waals surface area contributed by atoms with Gasteiger partial charge in [0.25, 0.3) is 0 Å². The molecular weight excluding hydrogens is 296 g/mol. The first kappa shape index (κ1) is 19.0. The molecule has 1 unspecified atom stereocenters. The first-order valence-electron chi connectivity index (χ1n) is 6.57. The highest BCUT2D eigenvalue weighted by molar-refractivity contribution is 6.71. The van der Waals surface area contributed by atoms with Crippen LogP contribution in [0.4, 0.5) is 0 Å². The number of rotatable bonds is 1. The van der Waals surface area contributed by atoms with Crippen LogP contribution in [0.2, 0.25) is 25.9 Å². The van der Waals surface area contributed by atoms with Gasteiger partial charge in [0.1, 0.15) is 5.78 Å². The summed E-state index contributed by atoms with van der Waals surface area (Å²) in [5, 5.41) is -9.34. The lowest BCUT2D eigenvalue weighted by molar-refractivity contribution is -0.129. The van der Waals surface area contributed by atoms with Crippen LogP contribution >= 0.6 is 11.6 Å². The summed E-state index contributed by atoms with van der Waals surface area (Å²) in [6.45, 7) is 0. The number of carbonyl (C=O) groups excluding carboxylic acids is 1. The van der Waals surface area contributed by atoms with E-state index in [0.717, 1.165) is 0 Å². The second-order valence-electron chi connectivity index (χ2n) is 6.09. The van der Waals surface area contributed by atoms with Crippen molar-refractivity contribution < 1.29 is 4.79 Å². The van der Waals surface area contributed by atoms with Gasteiger partial charge >= 0.3 is 0 Å². The van der Waals surface area contributed by atoms with Crippen molar-refractivity contribution in [1.82, 2.24) is 0 Å². The maximum absolute atomic E-state index is 13.0. The monoisotopic (exact) mass is 303 g/mol. The fourth-order valence-corrected chi connectivity index (χ4v) is 3.12. The molecule has 1 aliphatic rings. The maximum atomic E-state index is 13.0. The molecule has 23 heavy (non-hydrogen) atoms. The minimum Gasteiger partial charge on any atom is -0.316 e. The van der Waals surface area contributed by atoms with Crippen molar-refractivity contribution in [2.45, 2.75) is 26.4 Å². The first-order chi connectivity index (χ1) is 10.2. The van der Waals surface area contributed by atoms with E-state index in [2.05, 4.69) is 0 Å². The molecular formula is C12H6B8ClNO. The van der Waals surface area contributed by atoms with Crippen molar-refractivity contribution in [3.05, 3.63) is 34.9 Å². The van der Waals surface area contributed by atoms with Gasteiger partial charge in [-0.15, -0.1) is 10.4 Å². The van der Waals surface area contributed by atoms with Crippen molar-refractivity contribution in [2.24, 2.45) is 5.73 Å². The molecule has 96 valence electrons. The van der Waals surface area contributed by atoms with E-state index in [4.69, 9.17) is 80.1 Å². The summed E-state index contributed by atoms with van der Waals surface area (Å²) in [5.41, 5.74) is 4.07. The maximum Gasteiger partial charge on any atom is 0.144 e. The lowest BCUT2D eigenvalue weighted by atomic mass is 9.05. The van der Waals surface area contributed by atoms with E-state index in [1.165, 1.54) is 12.1 Å². The molecule has 0 amide bonds. The van der Waals surface area contributed by atoms with Gasteiger partial charge in [0, 0.05) is 5.02 Å². The third-order valence-corrected chi connectivity index (χ3v) is 5.07. The molecule has 0 aliphatic heterocycles. The van der Waals surface area contributed by atoms with Crippen LogP contribution in [0.25, 0.3) is 0 Å². The van der Waals surface area contributed by atoms with Crippen LogP contribution in [0.15, 0.2) is 24.3 Å². The van der Waals surface area contributed by atoms with Crippen molar-refractivity contribution in [2.75, 3.05) is 0 Å². The average molecular weight is 302 g/mol. The summed E-state index contributed by atoms with van der Waals surface area (Å²) in [6, 6.07) is 6.09. The van der Waals surface area contributed by atoms with Gasteiger partial charge < -0.3 is 5.73 Å². The van der Waals surface area contributed by atoms with E-state index in [1.54, 1.807) is 12.1 Å². The molecule has 1 fully saturated rings. The Morgan fingerprint density at radius 3 is 1.78 bits per heavy atom. The van der Waals surface area contributed by atoms with Crippen molar-refractivity contribution in [3.8, 4) is 0 Å². The standard InChI is InChI=1S/C12H6B8ClNO/c13-9(14)7(23)8(22,5-3-1-2-4-6(5)21)10(15,16)12(19,20)11(9,17)18/h1-4H,22H2. The molecule has 1 aromatic rings. The van der Waals surface area contributed by atoms with Crippen LogP contribution in [-0.2, 0) is 10.3 Å². The highest BCUT2D eigenvalue weighted by atomic mass is 35.5. The number of Topliss-reactive ketones (excluding diaryl/α,β-unsaturated/α-hetero) is 1. The molecule has 1 atom stereocenters. The Bertz CT molecular complexity index is 677. The number of hydrogen-bond donors (Lipinski definition) is 1. The number of halogens is 1. The third-order valence-electron chi connectivity index (χ3n) is 4.74. The van der Waals surface area contributed by atoms with E-state index < -0.39 is 32.2 Å². The molecule has 1 aliphatic carbocycles. The number of benzene rings is 1. The Kier molecular flexibility index (Phi) is 4.19. The Morgan fingerprint density at radius 1 is 0.826 bits per heavy atom. The van der Waals surface area contributed by atoms with Gasteiger partial charge in [0.05, 0.1) is 68.3 Å². The molecule has 0 aromatic heterocycles. The number of nitrogens with two attached hydrogens (primary N) is 1. The van der Waals surface area contributed by atoms with Gasteiger partial charge in [-0.25, -0.2) is 0 Å². The van der Waals surface area contributed by atoms with Gasteiger partial charge in [-0.2, -0.15) is 0 Å². The highest BCUT2D eigenvalue weighted by Gasteiger charge is 2.68. The quantitative estimate of drug-likeness (QED) is 0.669. The minimum absolute atomic E-state index is 0.0488. The predicted molar refractivity (Wildman–Crippen MR) is 99.1 cm³/mol. The van der Waals surface area contributed by atoms with E-state index in [9.17, 15) is 4.79 Å². The topological polar surface area (TPSA) is 43.1 Å². The van der Waals surface area contributed by atoms with E-state index >= 15 is 0 Å². The molecule has 1 saturated carbocycles. The fraction of sp³-hybridized carbons (Fsp3) is 0.417.